The van der Waals surface area contributed by atoms with Crippen LogP contribution in [0.2, 0.25) is 0 Å². The van der Waals surface area contributed by atoms with E-state index in [0.717, 1.165) is 40.9 Å². The third-order valence-corrected chi connectivity index (χ3v) is 6.76. The van der Waals surface area contributed by atoms with Crippen molar-refractivity contribution in [1.82, 2.24) is 10.3 Å². The van der Waals surface area contributed by atoms with Crippen LogP contribution >= 0.6 is 0 Å². The van der Waals surface area contributed by atoms with Gasteiger partial charge in [0.15, 0.2) is 6.23 Å². The monoisotopic (exact) mass is 395 g/mol. The lowest BCUT2D eigenvalue weighted by Crippen LogP contribution is -2.54. The molecule has 4 aromatic rings. The summed E-state index contributed by atoms with van der Waals surface area (Å²) in [5, 5.41) is 19.8. The van der Waals surface area contributed by atoms with Crippen molar-refractivity contribution in [1.29, 1.82) is 0 Å². The lowest BCUT2D eigenvalue weighted by Gasteiger charge is -2.35. The van der Waals surface area contributed by atoms with Crippen LogP contribution < -0.4 is 10.6 Å². The van der Waals surface area contributed by atoms with E-state index in [4.69, 9.17) is 0 Å². The molecule has 3 atom stereocenters. The number of hydrogen-bond acceptors (Lipinski definition) is 3. The van der Waals surface area contributed by atoms with Gasteiger partial charge >= 0.3 is 0 Å². The van der Waals surface area contributed by atoms with Crippen molar-refractivity contribution < 1.29 is 5.11 Å². The van der Waals surface area contributed by atoms with Gasteiger partial charge in [0.05, 0.1) is 0 Å². The molecule has 150 valence electrons. The number of benzene rings is 3. The number of fused-ring (bicyclic) bond motifs is 6. The van der Waals surface area contributed by atoms with Gasteiger partial charge in [0.25, 0.3) is 0 Å². The number of aryl methyl sites for hydroxylation is 1. The van der Waals surface area contributed by atoms with Gasteiger partial charge in [-0.15, -0.1) is 0 Å². The Morgan fingerprint density at radius 3 is 2.60 bits per heavy atom. The second kappa shape index (κ2) is 6.46. The van der Waals surface area contributed by atoms with Gasteiger partial charge in [-0.3, -0.25) is 5.32 Å². The Bertz CT molecular complexity index is 1250. The predicted octanol–water partition coefficient (Wildman–Crippen LogP) is 4.75. The molecular formula is C26H25N3O. The van der Waals surface area contributed by atoms with E-state index in [1.807, 2.05) is 6.07 Å². The van der Waals surface area contributed by atoms with Crippen LogP contribution in [-0.2, 0) is 12.0 Å². The number of aliphatic hydroxyl groups is 1. The number of para-hydroxylation sites is 1. The Labute approximate surface area is 176 Å². The highest BCUT2D eigenvalue weighted by atomic mass is 16.3. The van der Waals surface area contributed by atoms with Crippen molar-refractivity contribution in [3.05, 3.63) is 89.6 Å². The SMILES string of the molecule is CC1CCc2c([nH]c3ccccc23)C2(N1)c1cc(-c3ccccc3)ccc1NC2O. The highest BCUT2D eigenvalue weighted by molar-refractivity contribution is 5.86. The molecule has 0 saturated carbocycles. The molecule has 6 rings (SSSR count). The number of rotatable bonds is 1. The van der Waals surface area contributed by atoms with Crippen molar-refractivity contribution in [2.75, 3.05) is 5.32 Å². The van der Waals surface area contributed by atoms with E-state index in [2.05, 4.69) is 89.3 Å². The van der Waals surface area contributed by atoms with Gasteiger partial charge in [-0.1, -0.05) is 54.6 Å². The van der Waals surface area contributed by atoms with Gasteiger partial charge < -0.3 is 15.4 Å². The molecule has 3 unspecified atom stereocenters. The fraction of sp³-hybridized carbons (Fsp3) is 0.231. The number of H-pyrrole nitrogens is 1. The average Bonchev–Trinajstić information content (AvgIpc) is 3.23. The van der Waals surface area contributed by atoms with Crippen LogP contribution in [0, 0.1) is 0 Å². The predicted molar refractivity (Wildman–Crippen MR) is 122 cm³/mol. The maximum atomic E-state index is 11.4. The average molecular weight is 396 g/mol. The van der Waals surface area contributed by atoms with E-state index < -0.39 is 11.8 Å². The summed E-state index contributed by atoms with van der Waals surface area (Å²) < 4.78 is 0. The molecular weight excluding hydrogens is 370 g/mol. The maximum Gasteiger partial charge on any atom is 0.152 e. The lowest BCUT2D eigenvalue weighted by atomic mass is 9.83. The molecule has 4 N–H and O–H groups in total. The largest absolute Gasteiger partial charge is 0.371 e. The number of anilines is 1. The molecule has 3 aromatic carbocycles. The molecule has 1 aromatic heterocycles. The molecule has 0 bridgehead atoms. The van der Waals surface area contributed by atoms with Gasteiger partial charge in [0, 0.05) is 33.9 Å². The summed E-state index contributed by atoms with van der Waals surface area (Å²) >= 11 is 0. The van der Waals surface area contributed by atoms with Crippen molar-refractivity contribution in [2.24, 2.45) is 0 Å². The van der Waals surface area contributed by atoms with Crippen LogP contribution in [0.1, 0.15) is 30.2 Å². The molecule has 1 spiro atoms. The Morgan fingerprint density at radius 1 is 0.933 bits per heavy atom. The highest BCUT2D eigenvalue weighted by Crippen LogP contribution is 2.48. The zero-order valence-electron chi connectivity index (χ0n) is 16.9. The van der Waals surface area contributed by atoms with Crippen LogP contribution in [-0.4, -0.2) is 22.4 Å². The fourth-order valence-corrected chi connectivity index (χ4v) is 5.33. The number of aromatic nitrogens is 1. The minimum absolute atomic E-state index is 0.271. The zero-order chi connectivity index (χ0) is 20.3. The summed E-state index contributed by atoms with van der Waals surface area (Å²) in [5.74, 6) is 0. The van der Waals surface area contributed by atoms with E-state index in [0.29, 0.717) is 0 Å². The van der Waals surface area contributed by atoms with E-state index in [1.54, 1.807) is 0 Å². The first-order valence-electron chi connectivity index (χ1n) is 10.7. The number of hydrogen-bond donors (Lipinski definition) is 4. The van der Waals surface area contributed by atoms with Crippen LogP contribution in [0.4, 0.5) is 5.69 Å². The molecule has 2 aliphatic rings. The second-order valence-electron chi connectivity index (χ2n) is 8.59. The molecule has 0 saturated heterocycles. The van der Waals surface area contributed by atoms with Gasteiger partial charge in [0.1, 0.15) is 5.54 Å². The minimum atomic E-state index is -0.758. The molecule has 4 heteroatoms. The van der Waals surface area contributed by atoms with Crippen molar-refractivity contribution in [2.45, 2.75) is 37.6 Å². The molecule has 0 aliphatic carbocycles. The summed E-state index contributed by atoms with van der Waals surface area (Å²) in [7, 11) is 0. The Balaban J connectivity index is 1.63. The summed E-state index contributed by atoms with van der Waals surface area (Å²) in [4.78, 5) is 3.68. The molecule has 2 aliphatic heterocycles. The Morgan fingerprint density at radius 2 is 1.73 bits per heavy atom. The highest BCUT2D eigenvalue weighted by Gasteiger charge is 2.52. The zero-order valence-corrected chi connectivity index (χ0v) is 16.9. The number of aromatic amines is 1. The van der Waals surface area contributed by atoms with Crippen molar-refractivity contribution in [3.8, 4) is 11.1 Å². The Kier molecular flexibility index (Phi) is 3.82. The van der Waals surface area contributed by atoms with Crippen molar-refractivity contribution >= 4 is 16.6 Å². The molecule has 0 radical (unpaired) electrons. The van der Waals surface area contributed by atoms with Crippen LogP contribution in [0.15, 0.2) is 72.8 Å². The van der Waals surface area contributed by atoms with Crippen LogP contribution in [0.25, 0.3) is 22.0 Å². The van der Waals surface area contributed by atoms with E-state index in [9.17, 15) is 5.11 Å². The van der Waals surface area contributed by atoms with Gasteiger partial charge in [-0.05, 0) is 54.7 Å². The Hall–Kier alpha value is -3.08. The summed E-state index contributed by atoms with van der Waals surface area (Å²) in [6.45, 7) is 2.21. The first kappa shape index (κ1) is 17.8. The minimum Gasteiger partial charge on any atom is -0.371 e. The molecule has 0 fully saturated rings. The van der Waals surface area contributed by atoms with Crippen LogP contribution in [0.3, 0.4) is 0 Å². The van der Waals surface area contributed by atoms with Gasteiger partial charge in [-0.2, -0.15) is 0 Å². The smallest absolute Gasteiger partial charge is 0.152 e. The lowest BCUT2D eigenvalue weighted by molar-refractivity contribution is 0.108. The van der Waals surface area contributed by atoms with Gasteiger partial charge in [0.2, 0.25) is 0 Å². The molecule has 4 nitrogen and oxygen atoms in total. The fourth-order valence-electron chi connectivity index (χ4n) is 5.33. The number of nitrogens with one attached hydrogen (secondary N) is 3. The maximum absolute atomic E-state index is 11.4. The first-order valence-corrected chi connectivity index (χ1v) is 10.7. The first-order chi connectivity index (χ1) is 14.7. The molecule has 0 amide bonds. The summed E-state index contributed by atoms with van der Waals surface area (Å²) in [5.41, 5.74) is 7.20. The van der Waals surface area contributed by atoms with Crippen molar-refractivity contribution in [3.63, 3.8) is 0 Å². The third kappa shape index (κ3) is 2.41. The quantitative estimate of drug-likeness (QED) is 0.376. The third-order valence-electron chi connectivity index (χ3n) is 6.76. The van der Waals surface area contributed by atoms with Gasteiger partial charge in [-0.25, -0.2) is 0 Å². The summed E-state index contributed by atoms with van der Waals surface area (Å²) in [6, 6.07) is 25.6. The number of aliphatic hydroxyl groups excluding tert-OH is 1. The standard InChI is InChI=1S/C26H25N3O/c1-16-11-13-20-19-9-5-6-10-22(19)27-24(20)26(29-16)21-15-18(17-7-3-2-4-8-17)12-14-23(21)28-25(26)30/h2-10,12,14-16,25,27-30H,11,13H2,1H3. The molecule has 3 heterocycles. The normalized spacial score (nSPS) is 25.0. The van der Waals surface area contributed by atoms with E-state index in [1.165, 1.54) is 16.5 Å². The van der Waals surface area contributed by atoms with E-state index >= 15 is 0 Å². The van der Waals surface area contributed by atoms with Crippen LogP contribution in [0.5, 0.6) is 0 Å². The van der Waals surface area contributed by atoms with E-state index in [-0.39, 0.29) is 6.04 Å². The second-order valence-corrected chi connectivity index (χ2v) is 8.59. The summed E-state index contributed by atoms with van der Waals surface area (Å²) in [6.07, 6.45) is 1.25. The topological polar surface area (TPSA) is 60.1 Å². The molecule has 30 heavy (non-hydrogen) atoms.